The number of aromatic amines is 1. The molecule has 0 aliphatic rings. The molecule has 0 saturated carbocycles. The predicted molar refractivity (Wildman–Crippen MR) is 119 cm³/mol. The SMILES string of the molecule is CCOC(=O)c1sc2nc(CC(=O)NNC(=S)Nc3ccccc3)[nH]c(=O)c2c1C. The molecule has 0 aliphatic heterocycles. The Labute approximate surface area is 180 Å². The van der Waals surface area contributed by atoms with Crippen LogP contribution in [0.5, 0.6) is 0 Å². The van der Waals surface area contributed by atoms with Gasteiger partial charge in [-0.1, -0.05) is 18.2 Å². The molecule has 30 heavy (non-hydrogen) atoms. The number of anilines is 1. The zero-order valence-corrected chi connectivity index (χ0v) is 17.8. The third kappa shape index (κ3) is 4.99. The lowest BCUT2D eigenvalue weighted by Gasteiger charge is -2.11. The van der Waals surface area contributed by atoms with Crippen molar-refractivity contribution in [2.45, 2.75) is 20.3 Å². The molecule has 0 aliphatic carbocycles. The number of hydrazine groups is 1. The standard InChI is InChI=1S/C19H19N5O4S2/c1-3-28-18(27)15-10(2)14-16(26)21-12(22-17(14)30-15)9-13(25)23-24-19(29)20-11-7-5-4-6-8-11/h4-8H,3,9H2,1-2H3,(H,23,25)(H2,20,24,29)(H,21,22,26). The second-order valence-electron chi connectivity index (χ2n) is 6.14. The van der Waals surface area contributed by atoms with Crippen LogP contribution in [0.15, 0.2) is 35.1 Å². The number of H-pyrrole nitrogens is 1. The minimum atomic E-state index is -0.500. The van der Waals surface area contributed by atoms with E-state index in [-0.39, 0.29) is 24.0 Å². The van der Waals surface area contributed by atoms with Crippen molar-refractivity contribution in [3.05, 3.63) is 57.0 Å². The number of hydrogen-bond donors (Lipinski definition) is 4. The summed E-state index contributed by atoms with van der Waals surface area (Å²) in [6.07, 6.45) is -0.183. The van der Waals surface area contributed by atoms with E-state index < -0.39 is 17.4 Å². The van der Waals surface area contributed by atoms with E-state index >= 15 is 0 Å². The van der Waals surface area contributed by atoms with E-state index in [4.69, 9.17) is 17.0 Å². The summed E-state index contributed by atoms with van der Waals surface area (Å²) >= 11 is 6.18. The molecule has 1 aromatic carbocycles. The van der Waals surface area contributed by atoms with Crippen LogP contribution in [0.4, 0.5) is 5.69 Å². The largest absolute Gasteiger partial charge is 0.462 e. The van der Waals surface area contributed by atoms with E-state index in [1.165, 1.54) is 0 Å². The molecule has 2 heterocycles. The van der Waals surface area contributed by atoms with Crippen LogP contribution in [0, 0.1) is 6.92 Å². The van der Waals surface area contributed by atoms with Crippen molar-refractivity contribution in [1.82, 2.24) is 20.8 Å². The zero-order valence-electron chi connectivity index (χ0n) is 16.2. The number of carbonyl (C=O) groups is 2. The van der Waals surface area contributed by atoms with Gasteiger partial charge in [-0.15, -0.1) is 11.3 Å². The van der Waals surface area contributed by atoms with Crippen molar-refractivity contribution in [2.24, 2.45) is 0 Å². The maximum absolute atomic E-state index is 12.4. The average Bonchev–Trinajstić information content (AvgIpc) is 3.04. The number of nitrogens with zero attached hydrogens (tertiary/aromatic N) is 1. The van der Waals surface area contributed by atoms with Gasteiger partial charge in [0, 0.05) is 5.69 Å². The van der Waals surface area contributed by atoms with E-state index in [9.17, 15) is 14.4 Å². The summed E-state index contributed by atoms with van der Waals surface area (Å²) in [5.41, 5.74) is 5.90. The molecular formula is C19H19N5O4S2. The number of carbonyl (C=O) groups excluding carboxylic acids is 2. The fourth-order valence-corrected chi connectivity index (χ4v) is 3.93. The number of fused-ring (bicyclic) bond motifs is 1. The summed E-state index contributed by atoms with van der Waals surface area (Å²) in [6.45, 7) is 3.60. The minimum Gasteiger partial charge on any atom is -0.462 e. The van der Waals surface area contributed by atoms with Gasteiger partial charge in [-0.2, -0.15) is 0 Å². The summed E-state index contributed by atoms with van der Waals surface area (Å²) in [6, 6.07) is 9.22. The van der Waals surface area contributed by atoms with Crippen molar-refractivity contribution in [3.63, 3.8) is 0 Å². The fourth-order valence-electron chi connectivity index (χ4n) is 2.67. The lowest BCUT2D eigenvalue weighted by molar-refractivity contribution is -0.121. The van der Waals surface area contributed by atoms with Gasteiger partial charge in [0.05, 0.1) is 18.4 Å². The molecule has 9 nitrogen and oxygen atoms in total. The Hall–Kier alpha value is -3.31. The summed E-state index contributed by atoms with van der Waals surface area (Å²) in [5.74, 6) is -0.778. The van der Waals surface area contributed by atoms with Gasteiger partial charge in [-0.3, -0.25) is 20.4 Å². The Morgan fingerprint density at radius 2 is 1.97 bits per heavy atom. The summed E-state index contributed by atoms with van der Waals surface area (Å²) < 4.78 is 5.01. The van der Waals surface area contributed by atoms with Crippen molar-refractivity contribution in [3.8, 4) is 0 Å². The first-order valence-corrected chi connectivity index (χ1v) is 10.2. The number of esters is 1. The highest BCUT2D eigenvalue weighted by atomic mass is 32.1. The van der Waals surface area contributed by atoms with Crippen LogP contribution >= 0.6 is 23.6 Å². The summed E-state index contributed by atoms with van der Waals surface area (Å²) in [7, 11) is 0. The molecule has 0 bridgehead atoms. The molecule has 156 valence electrons. The van der Waals surface area contributed by atoms with Crippen LogP contribution in [-0.2, 0) is 16.0 Å². The van der Waals surface area contributed by atoms with E-state index in [1.54, 1.807) is 13.8 Å². The number of amides is 1. The number of thiocarbonyl (C=S) groups is 1. The number of nitrogens with one attached hydrogen (secondary N) is 4. The number of thiophene rings is 1. The molecule has 0 atom stereocenters. The molecule has 0 spiro atoms. The molecule has 0 unspecified atom stereocenters. The average molecular weight is 446 g/mol. The maximum Gasteiger partial charge on any atom is 0.348 e. The van der Waals surface area contributed by atoms with Gasteiger partial charge in [0.15, 0.2) is 5.11 Å². The highest BCUT2D eigenvalue weighted by Gasteiger charge is 2.20. The number of aryl methyl sites for hydroxylation is 1. The first-order valence-electron chi connectivity index (χ1n) is 8.99. The van der Waals surface area contributed by atoms with Crippen LogP contribution < -0.4 is 21.7 Å². The Morgan fingerprint density at radius 3 is 2.67 bits per heavy atom. The minimum absolute atomic E-state index is 0.172. The van der Waals surface area contributed by atoms with E-state index in [0.717, 1.165) is 17.0 Å². The normalized spacial score (nSPS) is 10.5. The van der Waals surface area contributed by atoms with E-state index in [2.05, 4.69) is 26.1 Å². The first-order chi connectivity index (χ1) is 14.4. The van der Waals surface area contributed by atoms with E-state index in [1.807, 2.05) is 30.3 Å². The molecule has 1 amide bonds. The third-order valence-corrected chi connectivity index (χ3v) is 5.36. The van der Waals surface area contributed by atoms with Crippen LogP contribution in [0.3, 0.4) is 0 Å². The highest BCUT2D eigenvalue weighted by molar-refractivity contribution is 7.80. The fraction of sp³-hybridized carbons (Fsp3) is 0.211. The van der Waals surface area contributed by atoms with Crippen LogP contribution in [0.1, 0.15) is 28.0 Å². The molecular weight excluding hydrogens is 426 g/mol. The van der Waals surface area contributed by atoms with Gasteiger partial charge in [-0.25, -0.2) is 9.78 Å². The van der Waals surface area contributed by atoms with E-state index in [0.29, 0.717) is 20.7 Å². The molecule has 0 saturated heterocycles. The molecule has 11 heteroatoms. The lowest BCUT2D eigenvalue weighted by Crippen LogP contribution is -2.44. The van der Waals surface area contributed by atoms with Crippen LogP contribution in [0.25, 0.3) is 10.2 Å². The molecule has 2 aromatic heterocycles. The van der Waals surface area contributed by atoms with Gasteiger partial charge < -0.3 is 15.0 Å². The molecule has 3 aromatic rings. The smallest absolute Gasteiger partial charge is 0.348 e. The topological polar surface area (TPSA) is 125 Å². The summed E-state index contributed by atoms with van der Waals surface area (Å²) in [5, 5.41) is 3.44. The molecule has 4 N–H and O–H groups in total. The predicted octanol–water partition coefficient (Wildman–Crippen LogP) is 2.03. The number of para-hydroxylation sites is 1. The Balaban J connectivity index is 1.66. The summed E-state index contributed by atoms with van der Waals surface area (Å²) in [4.78, 5) is 44.3. The number of hydrogen-bond acceptors (Lipinski definition) is 7. The van der Waals surface area contributed by atoms with Gasteiger partial charge in [0.1, 0.15) is 15.5 Å². The van der Waals surface area contributed by atoms with Crippen LogP contribution in [0.2, 0.25) is 0 Å². The first kappa shape index (κ1) is 21.4. The third-order valence-electron chi connectivity index (χ3n) is 3.99. The van der Waals surface area contributed by atoms with Crippen molar-refractivity contribution >= 4 is 56.4 Å². The number of benzene rings is 1. The van der Waals surface area contributed by atoms with Gasteiger partial charge in [0.2, 0.25) is 5.91 Å². The second kappa shape index (κ2) is 9.46. The van der Waals surface area contributed by atoms with Crippen LogP contribution in [-0.4, -0.2) is 33.6 Å². The Bertz CT molecular complexity index is 1160. The second-order valence-corrected chi connectivity index (χ2v) is 7.55. The zero-order chi connectivity index (χ0) is 21.7. The number of aromatic nitrogens is 2. The molecule has 0 fully saturated rings. The van der Waals surface area contributed by atoms with Crippen molar-refractivity contribution in [1.29, 1.82) is 0 Å². The Kier molecular flexibility index (Phi) is 6.75. The van der Waals surface area contributed by atoms with Gasteiger partial charge >= 0.3 is 5.97 Å². The maximum atomic E-state index is 12.4. The monoisotopic (exact) mass is 445 g/mol. The number of rotatable bonds is 5. The van der Waals surface area contributed by atoms with Gasteiger partial charge in [0.25, 0.3) is 5.56 Å². The van der Waals surface area contributed by atoms with Crippen molar-refractivity contribution < 1.29 is 14.3 Å². The lowest BCUT2D eigenvalue weighted by atomic mass is 10.2. The highest BCUT2D eigenvalue weighted by Crippen LogP contribution is 2.27. The quantitative estimate of drug-likeness (QED) is 0.267. The molecule has 0 radical (unpaired) electrons. The van der Waals surface area contributed by atoms with Gasteiger partial charge in [-0.05, 0) is 43.8 Å². The number of ether oxygens (including phenoxy) is 1. The molecule has 3 rings (SSSR count). The van der Waals surface area contributed by atoms with Crippen molar-refractivity contribution in [2.75, 3.05) is 11.9 Å². The Morgan fingerprint density at radius 1 is 1.23 bits per heavy atom.